The smallest absolute Gasteiger partial charge is 0.144 e. The van der Waals surface area contributed by atoms with Gasteiger partial charge in [0.2, 0.25) is 0 Å². The Hall–Kier alpha value is -0.760. The molecular formula is C16H15Cl3O. The lowest BCUT2D eigenvalue weighted by Gasteiger charge is -2.23. The molecular weight excluding hydrogens is 315 g/mol. The number of ketones is 1. The van der Waals surface area contributed by atoms with Gasteiger partial charge < -0.3 is 0 Å². The quantitative estimate of drug-likeness (QED) is 0.670. The van der Waals surface area contributed by atoms with E-state index < -0.39 is 4.33 Å². The van der Waals surface area contributed by atoms with Crippen LogP contribution >= 0.6 is 34.8 Å². The van der Waals surface area contributed by atoms with Gasteiger partial charge in [0, 0.05) is 17.9 Å². The zero-order valence-electron chi connectivity index (χ0n) is 11.1. The lowest BCUT2D eigenvalue weighted by atomic mass is 9.84. The molecule has 0 saturated carbocycles. The third-order valence-corrected chi connectivity index (χ3v) is 4.15. The molecule has 0 N–H and O–H groups in total. The van der Waals surface area contributed by atoms with Crippen molar-refractivity contribution in [1.82, 2.24) is 0 Å². The minimum atomic E-state index is -0.872. The van der Waals surface area contributed by atoms with Gasteiger partial charge in [0.15, 0.2) is 0 Å². The van der Waals surface area contributed by atoms with Gasteiger partial charge in [-0.25, -0.2) is 0 Å². The second kappa shape index (κ2) is 6.34. The number of hydrogen-bond acceptors (Lipinski definition) is 1. The second-order valence-electron chi connectivity index (χ2n) is 4.81. The van der Waals surface area contributed by atoms with Gasteiger partial charge in [-0.05, 0) is 29.3 Å². The highest BCUT2D eigenvalue weighted by atomic mass is 35.5. The molecule has 0 heterocycles. The molecule has 4 heteroatoms. The number of allylic oxidation sites excluding steroid dienone is 4. The van der Waals surface area contributed by atoms with Gasteiger partial charge in [0.05, 0.1) is 5.92 Å². The van der Waals surface area contributed by atoms with Gasteiger partial charge in [-0.2, -0.15) is 0 Å². The summed E-state index contributed by atoms with van der Waals surface area (Å²) in [6, 6.07) is 7.37. The molecule has 1 aliphatic carbocycles. The van der Waals surface area contributed by atoms with E-state index in [1.807, 2.05) is 31.2 Å². The number of halogens is 3. The SMILES string of the molecule is CCC(=O)C(C1=CCC(Cl)(Cl)C=C1)c1ccc(Cl)cc1. The molecule has 0 aliphatic heterocycles. The average Bonchev–Trinajstić information content (AvgIpc) is 2.42. The van der Waals surface area contributed by atoms with E-state index in [4.69, 9.17) is 34.8 Å². The van der Waals surface area contributed by atoms with E-state index in [1.54, 1.807) is 18.2 Å². The van der Waals surface area contributed by atoms with Crippen molar-refractivity contribution in [1.29, 1.82) is 0 Å². The van der Waals surface area contributed by atoms with Gasteiger partial charge in [-0.3, -0.25) is 4.79 Å². The van der Waals surface area contributed by atoms with Gasteiger partial charge in [-0.15, -0.1) is 0 Å². The molecule has 1 aromatic rings. The second-order valence-corrected chi connectivity index (χ2v) is 6.79. The Morgan fingerprint density at radius 1 is 1.30 bits per heavy atom. The van der Waals surface area contributed by atoms with E-state index in [0.29, 0.717) is 17.9 Å². The molecule has 1 atom stereocenters. The van der Waals surface area contributed by atoms with Crippen molar-refractivity contribution in [2.75, 3.05) is 0 Å². The minimum absolute atomic E-state index is 0.167. The lowest BCUT2D eigenvalue weighted by molar-refractivity contribution is -0.119. The number of rotatable bonds is 4. The summed E-state index contributed by atoms with van der Waals surface area (Å²) in [6.07, 6.45) is 6.49. The fourth-order valence-corrected chi connectivity index (χ4v) is 2.65. The van der Waals surface area contributed by atoms with Gasteiger partial charge >= 0.3 is 0 Å². The Kier molecular flexibility index (Phi) is 4.95. The molecule has 106 valence electrons. The molecule has 0 radical (unpaired) electrons. The summed E-state index contributed by atoms with van der Waals surface area (Å²) in [5, 5.41) is 0.658. The van der Waals surface area contributed by atoms with Crippen LogP contribution in [0.15, 0.2) is 48.1 Å². The van der Waals surface area contributed by atoms with Crippen LogP contribution in [0.1, 0.15) is 31.2 Å². The fourth-order valence-electron chi connectivity index (χ4n) is 2.25. The number of alkyl halides is 2. The van der Waals surface area contributed by atoms with Crippen LogP contribution < -0.4 is 0 Å². The Morgan fingerprint density at radius 3 is 2.45 bits per heavy atom. The van der Waals surface area contributed by atoms with E-state index in [2.05, 4.69) is 0 Å². The molecule has 0 fully saturated rings. The first-order chi connectivity index (χ1) is 9.43. The van der Waals surface area contributed by atoms with Crippen LogP contribution in [0, 0.1) is 0 Å². The third kappa shape index (κ3) is 3.66. The Labute approximate surface area is 134 Å². The van der Waals surface area contributed by atoms with E-state index in [-0.39, 0.29) is 11.7 Å². The molecule has 1 nitrogen and oxygen atoms in total. The van der Waals surface area contributed by atoms with E-state index in [9.17, 15) is 4.79 Å². The summed E-state index contributed by atoms with van der Waals surface area (Å²) in [5.74, 6) is -0.113. The Morgan fingerprint density at radius 2 is 1.95 bits per heavy atom. The van der Waals surface area contributed by atoms with Crippen LogP contribution in [-0.4, -0.2) is 10.1 Å². The molecule has 20 heavy (non-hydrogen) atoms. The number of carbonyl (C=O) groups is 1. The molecule has 0 amide bonds. The van der Waals surface area contributed by atoms with Crippen LogP contribution in [0.3, 0.4) is 0 Å². The van der Waals surface area contributed by atoms with Crippen molar-refractivity contribution in [3.8, 4) is 0 Å². The number of benzene rings is 1. The van der Waals surface area contributed by atoms with Gasteiger partial charge in [-0.1, -0.05) is 66.0 Å². The van der Waals surface area contributed by atoms with Gasteiger partial charge in [0.25, 0.3) is 0 Å². The first-order valence-electron chi connectivity index (χ1n) is 6.48. The van der Waals surface area contributed by atoms with Crippen LogP contribution in [-0.2, 0) is 4.79 Å². The maximum atomic E-state index is 12.3. The van der Waals surface area contributed by atoms with E-state index in [1.165, 1.54) is 0 Å². The topological polar surface area (TPSA) is 17.1 Å². The van der Waals surface area contributed by atoms with E-state index in [0.717, 1.165) is 11.1 Å². The zero-order valence-corrected chi connectivity index (χ0v) is 13.3. The predicted octanol–water partition coefficient (Wildman–Crippen LogP) is 5.46. The van der Waals surface area contributed by atoms with Crippen molar-refractivity contribution >= 4 is 40.6 Å². The Bertz CT molecular complexity index is 556. The standard InChI is InChI=1S/C16H15Cl3O/c1-2-14(20)15(11-3-5-13(17)6-4-11)12-7-9-16(18,19)10-8-12/h3-9,15H,2,10H2,1H3. The monoisotopic (exact) mass is 328 g/mol. The minimum Gasteiger partial charge on any atom is -0.299 e. The molecule has 0 saturated heterocycles. The summed E-state index contributed by atoms with van der Waals surface area (Å²) >= 11 is 18.0. The largest absolute Gasteiger partial charge is 0.299 e. The number of carbonyl (C=O) groups excluding carboxylic acids is 1. The first-order valence-corrected chi connectivity index (χ1v) is 7.61. The maximum absolute atomic E-state index is 12.3. The van der Waals surface area contributed by atoms with E-state index >= 15 is 0 Å². The van der Waals surface area contributed by atoms with Crippen LogP contribution in [0.2, 0.25) is 5.02 Å². The van der Waals surface area contributed by atoms with Crippen molar-refractivity contribution in [2.24, 2.45) is 0 Å². The van der Waals surface area contributed by atoms with Crippen molar-refractivity contribution < 1.29 is 4.79 Å². The maximum Gasteiger partial charge on any atom is 0.144 e. The molecule has 0 bridgehead atoms. The fraction of sp³-hybridized carbons (Fsp3) is 0.312. The number of hydrogen-bond donors (Lipinski definition) is 0. The lowest BCUT2D eigenvalue weighted by Crippen LogP contribution is -2.18. The molecule has 1 unspecified atom stereocenters. The Balaban J connectivity index is 2.35. The van der Waals surface area contributed by atoms with Crippen molar-refractivity contribution in [3.05, 3.63) is 58.7 Å². The highest BCUT2D eigenvalue weighted by molar-refractivity contribution is 6.50. The first kappa shape index (κ1) is 15.6. The van der Waals surface area contributed by atoms with Crippen LogP contribution in [0.4, 0.5) is 0 Å². The normalized spacial score (nSPS) is 18.5. The molecule has 1 aromatic carbocycles. The summed E-state index contributed by atoms with van der Waals surface area (Å²) in [4.78, 5) is 12.3. The highest BCUT2D eigenvalue weighted by Crippen LogP contribution is 2.37. The zero-order chi connectivity index (χ0) is 14.8. The number of Topliss-reactive ketones (excluding diaryl/α,β-unsaturated/α-hetero) is 1. The summed E-state index contributed by atoms with van der Waals surface area (Å²) in [5.41, 5.74) is 1.88. The molecule has 0 aromatic heterocycles. The van der Waals surface area contributed by atoms with Gasteiger partial charge in [0.1, 0.15) is 10.1 Å². The van der Waals surface area contributed by atoms with Crippen molar-refractivity contribution in [2.45, 2.75) is 30.0 Å². The summed E-state index contributed by atoms with van der Waals surface area (Å²) in [7, 11) is 0. The third-order valence-electron chi connectivity index (χ3n) is 3.34. The average molecular weight is 330 g/mol. The highest BCUT2D eigenvalue weighted by Gasteiger charge is 2.27. The summed E-state index contributed by atoms with van der Waals surface area (Å²) in [6.45, 7) is 1.87. The molecule has 0 spiro atoms. The predicted molar refractivity (Wildman–Crippen MR) is 85.8 cm³/mol. The van der Waals surface area contributed by atoms with Crippen molar-refractivity contribution in [3.63, 3.8) is 0 Å². The van der Waals surface area contributed by atoms with Crippen LogP contribution in [0.25, 0.3) is 0 Å². The molecule has 2 rings (SSSR count). The van der Waals surface area contributed by atoms with Crippen LogP contribution in [0.5, 0.6) is 0 Å². The summed E-state index contributed by atoms with van der Waals surface area (Å²) < 4.78 is -0.872. The molecule has 1 aliphatic rings.